The Bertz CT molecular complexity index is 133. The Labute approximate surface area is 50.1 Å². The van der Waals surface area contributed by atoms with Gasteiger partial charge in [-0.2, -0.15) is 0 Å². The van der Waals surface area contributed by atoms with E-state index in [2.05, 4.69) is 18.0 Å². The van der Waals surface area contributed by atoms with Crippen molar-refractivity contribution < 1.29 is 0 Å². The number of allylic oxidation sites excluding steroid dienone is 2. The molecule has 0 aliphatic carbocycles. The molecule has 0 radical (unpaired) electrons. The van der Waals surface area contributed by atoms with Crippen LogP contribution >= 0.6 is 0 Å². The van der Waals surface area contributed by atoms with Gasteiger partial charge in [-0.15, -0.1) is 0 Å². The summed E-state index contributed by atoms with van der Waals surface area (Å²) < 4.78 is 0. The lowest BCUT2D eigenvalue weighted by atomic mass is 10.1. The Morgan fingerprint density at radius 2 is 2.50 bits per heavy atom. The second-order valence-corrected chi connectivity index (χ2v) is 2.34. The van der Waals surface area contributed by atoms with Gasteiger partial charge < -0.3 is 0 Å². The minimum absolute atomic E-state index is 0.652. The molecule has 0 aromatic heterocycles. The summed E-state index contributed by atoms with van der Waals surface area (Å²) in [5.41, 5.74) is 1.16. The van der Waals surface area contributed by atoms with Crippen LogP contribution in [0.4, 0.5) is 0 Å². The van der Waals surface area contributed by atoms with Crippen molar-refractivity contribution in [2.75, 3.05) is 0 Å². The summed E-state index contributed by atoms with van der Waals surface area (Å²) in [4.78, 5) is 4.15. The summed E-state index contributed by atoms with van der Waals surface area (Å²) >= 11 is 0. The van der Waals surface area contributed by atoms with Crippen molar-refractivity contribution >= 4 is 6.21 Å². The molecule has 0 saturated carbocycles. The van der Waals surface area contributed by atoms with Crippen LogP contribution in [0.15, 0.2) is 16.8 Å². The first-order valence-electron chi connectivity index (χ1n) is 3.00. The first kappa shape index (κ1) is 5.54. The first-order valence-corrected chi connectivity index (χ1v) is 3.00. The van der Waals surface area contributed by atoms with Gasteiger partial charge in [-0.3, -0.25) is 4.99 Å². The minimum atomic E-state index is 0.652. The molecule has 0 aromatic carbocycles. The molecular weight excluding hydrogens is 98.1 g/mol. The highest BCUT2D eigenvalue weighted by atomic mass is 14.7. The molecule has 1 rings (SSSR count). The predicted octanol–water partition coefficient (Wildman–Crippen LogP) is 2.00. The van der Waals surface area contributed by atoms with Gasteiger partial charge in [0.1, 0.15) is 0 Å². The van der Waals surface area contributed by atoms with E-state index >= 15 is 0 Å². The van der Waals surface area contributed by atoms with E-state index in [1.54, 1.807) is 0 Å². The third kappa shape index (κ3) is 1.19. The van der Waals surface area contributed by atoms with Crippen LogP contribution in [0.1, 0.15) is 20.3 Å². The van der Waals surface area contributed by atoms with Crippen LogP contribution in [0.25, 0.3) is 0 Å². The van der Waals surface area contributed by atoms with E-state index in [1.165, 1.54) is 0 Å². The minimum Gasteiger partial charge on any atom is -0.266 e. The zero-order valence-corrected chi connectivity index (χ0v) is 5.39. The molecule has 0 amide bonds. The van der Waals surface area contributed by atoms with Gasteiger partial charge in [-0.1, -0.05) is 13.0 Å². The van der Waals surface area contributed by atoms with Crippen LogP contribution in [0.2, 0.25) is 0 Å². The molecule has 1 unspecified atom stereocenters. The molecule has 0 fully saturated rings. The van der Waals surface area contributed by atoms with Crippen molar-refractivity contribution in [2.24, 2.45) is 10.9 Å². The van der Waals surface area contributed by atoms with E-state index < -0.39 is 0 Å². The summed E-state index contributed by atoms with van der Waals surface area (Å²) in [6.07, 6.45) is 5.34. The van der Waals surface area contributed by atoms with Crippen LogP contribution in [0.5, 0.6) is 0 Å². The molecule has 1 aliphatic rings. The third-order valence-electron chi connectivity index (χ3n) is 1.32. The largest absolute Gasteiger partial charge is 0.266 e. The smallest absolute Gasteiger partial charge is 0.0329 e. The van der Waals surface area contributed by atoms with Crippen molar-refractivity contribution in [1.29, 1.82) is 0 Å². The summed E-state index contributed by atoms with van der Waals surface area (Å²) in [6.45, 7) is 4.20. The molecule has 44 valence electrons. The normalized spacial score (nSPS) is 27.8. The lowest BCUT2D eigenvalue weighted by molar-refractivity contribution is 0.785. The van der Waals surface area contributed by atoms with Gasteiger partial charge in [0.15, 0.2) is 0 Å². The molecule has 0 bridgehead atoms. The molecule has 1 heterocycles. The number of nitrogens with zero attached hydrogens (tertiary/aromatic N) is 1. The Morgan fingerprint density at radius 3 is 2.88 bits per heavy atom. The molecule has 8 heavy (non-hydrogen) atoms. The van der Waals surface area contributed by atoms with Gasteiger partial charge in [-0.05, 0) is 19.3 Å². The van der Waals surface area contributed by atoms with E-state index in [9.17, 15) is 0 Å². The predicted molar refractivity (Wildman–Crippen MR) is 36.0 cm³/mol. The van der Waals surface area contributed by atoms with E-state index in [0.29, 0.717) is 5.92 Å². The lowest BCUT2D eigenvalue weighted by Gasteiger charge is -2.05. The van der Waals surface area contributed by atoms with E-state index in [0.717, 1.165) is 12.1 Å². The monoisotopic (exact) mass is 109 g/mol. The summed E-state index contributed by atoms with van der Waals surface area (Å²) in [5, 5.41) is 0. The van der Waals surface area contributed by atoms with Crippen molar-refractivity contribution in [3.8, 4) is 0 Å². The number of hydrogen-bond acceptors (Lipinski definition) is 1. The zero-order valence-electron chi connectivity index (χ0n) is 5.39. The fourth-order valence-corrected chi connectivity index (χ4v) is 0.715. The fraction of sp³-hybridized carbons (Fsp3) is 0.571. The van der Waals surface area contributed by atoms with Crippen molar-refractivity contribution in [3.05, 3.63) is 11.8 Å². The quantitative estimate of drug-likeness (QED) is 0.451. The molecule has 1 nitrogen and oxygen atoms in total. The highest BCUT2D eigenvalue weighted by Crippen LogP contribution is 2.09. The highest BCUT2D eigenvalue weighted by Gasteiger charge is 1.99. The molecule has 1 heteroatoms. The molecule has 0 spiro atoms. The molecular formula is C7H11N. The average Bonchev–Trinajstić information content (AvgIpc) is 1.77. The van der Waals surface area contributed by atoms with Crippen molar-refractivity contribution in [2.45, 2.75) is 20.3 Å². The summed E-state index contributed by atoms with van der Waals surface area (Å²) in [5.74, 6) is 0.652. The van der Waals surface area contributed by atoms with Crippen LogP contribution in [0.3, 0.4) is 0 Å². The van der Waals surface area contributed by atoms with E-state index in [-0.39, 0.29) is 0 Å². The Morgan fingerprint density at radius 1 is 1.75 bits per heavy atom. The Kier molecular flexibility index (Phi) is 1.47. The van der Waals surface area contributed by atoms with Crippen molar-refractivity contribution in [3.63, 3.8) is 0 Å². The van der Waals surface area contributed by atoms with Gasteiger partial charge >= 0.3 is 0 Å². The SMILES string of the molecule is CC1=CCC(C)C=N1. The third-order valence-corrected chi connectivity index (χ3v) is 1.32. The zero-order chi connectivity index (χ0) is 5.98. The fourth-order valence-electron chi connectivity index (χ4n) is 0.715. The van der Waals surface area contributed by atoms with Crippen LogP contribution < -0.4 is 0 Å². The van der Waals surface area contributed by atoms with Gasteiger partial charge in [0, 0.05) is 11.9 Å². The number of aliphatic imine (C=N–C) groups is 1. The topological polar surface area (TPSA) is 12.4 Å². The molecule has 1 aliphatic heterocycles. The van der Waals surface area contributed by atoms with Gasteiger partial charge in [0.25, 0.3) is 0 Å². The van der Waals surface area contributed by atoms with Crippen LogP contribution in [-0.2, 0) is 0 Å². The molecule has 1 atom stereocenters. The van der Waals surface area contributed by atoms with Crippen LogP contribution in [0, 0.1) is 5.92 Å². The van der Waals surface area contributed by atoms with Gasteiger partial charge in [0.05, 0.1) is 0 Å². The summed E-state index contributed by atoms with van der Waals surface area (Å²) in [6, 6.07) is 0. The Balaban J connectivity index is 2.58. The number of rotatable bonds is 0. The van der Waals surface area contributed by atoms with Crippen molar-refractivity contribution in [1.82, 2.24) is 0 Å². The maximum atomic E-state index is 4.15. The maximum Gasteiger partial charge on any atom is 0.0329 e. The van der Waals surface area contributed by atoms with Gasteiger partial charge in [-0.25, -0.2) is 0 Å². The van der Waals surface area contributed by atoms with E-state index in [1.807, 2.05) is 13.1 Å². The summed E-state index contributed by atoms with van der Waals surface area (Å²) in [7, 11) is 0. The second-order valence-electron chi connectivity index (χ2n) is 2.34. The second kappa shape index (κ2) is 2.12. The standard InChI is InChI=1S/C7H11N/c1-6-3-4-7(2)8-5-6/h4-6H,3H2,1-2H3. The highest BCUT2D eigenvalue weighted by molar-refractivity contribution is 5.63. The molecule has 0 N–H and O–H groups in total. The molecule has 0 saturated heterocycles. The van der Waals surface area contributed by atoms with Crippen LogP contribution in [-0.4, -0.2) is 6.21 Å². The molecule has 0 aromatic rings. The number of hydrogen-bond donors (Lipinski definition) is 0. The Hall–Kier alpha value is -0.590. The van der Waals surface area contributed by atoms with Gasteiger partial charge in [0.2, 0.25) is 0 Å². The first-order chi connectivity index (χ1) is 3.79. The lowest BCUT2D eigenvalue weighted by Crippen LogP contribution is -1.98. The average molecular weight is 109 g/mol. The van der Waals surface area contributed by atoms with E-state index in [4.69, 9.17) is 0 Å². The maximum absolute atomic E-state index is 4.15.